The van der Waals surface area contributed by atoms with Gasteiger partial charge < -0.3 is 23.7 Å². The van der Waals surface area contributed by atoms with Gasteiger partial charge in [0.2, 0.25) is 0 Å². The van der Waals surface area contributed by atoms with Gasteiger partial charge in [-0.3, -0.25) is 9.59 Å². The number of esters is 1. The summed E-state index contributed by atoms with van der Waals surface area (Å²) in [7, 11) is 0. The molecule has 1 aliphatic rings. The maximum Gasteiger partial charge on any atom is 0.302 e. The van der Waals surface area contributed by atoms with Gasteiger partial charge in [-0.1, -0.05) is 0 Å². The summed E-state index contributed by atoms with van der Waals surface area (Å²) < 4.78 is 26.4. The Labute approximate surface area is 153 Å². The monoisotopic (exact) mass is 366 g/mol. The highest BCUT2D eigenvalue weighted by atomic mass is 16.6. The third-order valence-corrected chi connectivity index (χ3v) is 3.77. The fourth-order valence-corrected chi connectivity index (χ4v) is 2.53. The lowest BCUT2D eigenvalue weighted by Crippen LogP contribution is -2.14. The fraction of sp³-hybridized carbons (Fsp3) is 0.579. The molecule has 7 heteroatoms. The Kier molecular flexibility index (Phi) is 9.09. The van der Waals surface area contributed by atoms with Crippen LogP contribution in [0, 0.1) is 0 Å². The Bertz CT molecular complexity index is 585. The molecule has 0 saturated carbocycles. The second-order valence-corrected chi connectivity index (χ2v) is 5.77. The van der Waals surface area contributed by atoms with E-state index in [-0.39, 0.29) is 18.4 Å². The summed E-state index contributed by atoms with van der Waals surface area (Å²) in [5.41, 5.74) is 1.89. The number of rotatable bonds is 13. The summed E-state index contributed by atoms with van der Waals surface area (Å²) >= 11 is 0. The Hall–Kier alpha value is -1.96. The van der Waals surface area contributed by atoms with Crippen molar-refractivity contribution in [1.29, 1.82) is 0 Å². The van der Waals surface area contributed by atoms with Crippen LogP contribution >= 0.6 is 0 Å². The van der Waals surface area contributed by atoms with Crippen molar-refractivity contribution in [3.05, 3.63) is 29.3 Å². The average Bonchev–Trinajstić information content (AvgIpc) is 2.99. The molecule has 0 N–H and O–H groups in total. The van der Waals surface area contributed by atoms with Crippen molar-refractivity contribution < 1.29 is 33.3 Å². The third kappa shape index (κ3) is 7.51. The summed E-state index contributed by atoms with van der Waals surface area (Å²) in [6.07, 6.45) is 1.39. The molecule has 0 bridgehead atoms. The van der Waals surface area contributed by atoms with Crippen molar-refractivity contribution in [1.82, 2.24) is 0 Å². The minimum Gasteiger partial charge on any atom is -0.491 e. The number of fused-ring (bicyclic) bond motifs is 1. The Balaban J connectivity index is 1.40. The summed E-state index contributed by atoms with van der Waals surface area (Å²) in [4.78, 5) is 22.1. The first kappa shape index (κ1) is 20.4. The number of ether oxygens (including phenoxy) is 5. The molecule has 0 atom stereocenters. The lowest BCUT2D eigenvalue weighted by Gasteiger charge is -2.09. The zero-order chi connectivity index (χ0) is 18.6. The first-order chi connectivity index (χ1) is 12.7. The molecule has 0 aliphatic heterocycles. The number of Topliss-reactive ketones (excluding diaryl/α,β-unsaturated/α-hetero) is 1. The van der Waals surface area contributed by atoms with Crippen LogP contribution in [0.25, 0.3) is 0 Å². The van der Waals surface area contributed by atoms with Gasteiger partial charge in [-0.2, -0.15) is 0 Å². The molecule has 0 heterocycles. The van der Waals surface area contributed by atoms with Crippen LogP contribution in [0.15, 0.2) is 18.2 Å². The van der Waals surface area contributed by atoms with Gasteiger partial charge in [0.05, 0.1) is 39.6 Å². The second kappa shape index (κ2) is 11.6. The molecule has 1 aromatic rings. The smallest absolute Gasteiger partial charge is 0.302 e. The third-order valence-electron chi connectivity index (χ3n) is 3.77. The number of aryl methyl sites for hydroxylation is 1. The van der Waals surface area contributed by atoms with Crippen LogP contribution < -0.4 is 4.74 Å². The maximum atomic E-state index is 11.6. The Morgan fingerprint density at radius 1 is 0.885 bits per heavy atom. The van der Waals surface area contributed by atoms with Crippen molar-refractivity contribution in [2.45, 2.75) is 19.8 Å². The molecule has 0 aromatic heterocycles. The molecular weight excluding hydrogens is 340 g/mol. The zero-order valence-electron chi connectivity index (χ0n) is 15.2. The largest absolute Gasteiger partial charge is 0.491 e. The number of benzene rings is 1. The number of hydrogen-bond donors (Lipinski definition) is 0. The van der Waals surface area contributed by atoms with Crippen LogP contribution in [0.2, 0.25) is 0 Å². The summed E-state index contributed by atoms with van der Waals surface area (Å²) in [6.45, 7) is 4.79. The topological polar surface area (TPSA) is 80.3 Å². The van der Waals surface area contributed by atoms with E-state index in [1.165, 1.54) is 6.92 Å². The van der Waals surface area contributed by atoms with Crippen molar-refractivity contribution in [2.75, 3.05) is 52.9 Å². The molecule has 144 valence electrons. The summed E-state index contributed by atoms with van der Waals surface area (Å²) in [5.74, 6) is 0.672. The van der Waals surface area contributed by atoms with Crippen LogP contribution in [0.3, 0.4) is 0 Å². The molecule has 26 heavy (non-hydrogen) atoms. The predicted octanol–water partition coefficient (Wildman–Crippen LogP) is 1.81. The molecule has 2 rings (SSSR count). The van der Waals surface area contributed by atoms with Crippen LogP contribution in [-0.4, -0.2) is 64.6 Å². The van der Waals surface area contributed by atoms with E-state index in [1.807, 2.05) is 18.2 Å². The van der Waals surface area contributed by atoms with E-state index in [4.69, 9.17) is 23.7 Å². The highest BCUT2D eigenvalue weighted by Crippen LogP contribution is 2.25. The zero-order valence-corrected chi connectivity index (χ0v) is 15.2. The predicted molar refractivity (Wildman–Crippen MR) is 93.7 cm³/mol. The molecule has 0 fully saturated rings. The molecule has 0 saturated heterocycles. The van der Waals surface area contributed by atoms with Gasteiger partial charge in [0, 0.05) is 18.9 Å². The van der Waals surface area contributed by atoms with Gasteiger partial charge >= 0.3 is 5.97 Å². The molecule has 0 spiro atoms. The van der Waals surface area contributed by atoms with Crippen LogP contribution in [0.4, 0.5) is 0 Å². The van der Waals surface area contributed by atoms with Crippen molar-refractivity contribution in [2.24, 2.45) is 0 Å². The van der Waals surface area contributed by atoms with Gasteiger partial charge in [-0.25, -0.2) is 0 Å². The molecule has 1 aromatic carbocycles. The standard InChI is InChI=1S/C19H26O7/c1-15(20)25-12-10-23-8-6-22-7-9-24-11-13-26-17-3-4-18-16(14-17)2-5-19(18)21/h3-4,14H,2,5-13H2,1H3. The highest BCUT2D eigenvalue weighted by Gasteiger charge is 2.19. The number of carbonyl (C=O) groups excluding carboxylic acids is 2. The van der Waals surface area contributed by atoms with Gasteiger partial charge in [0.1, 0.15) is 19.0 Å². The van der Waals surface area contributed by atoms with Gasteiger partial charge in [-0.15, -0.1) is 0 Å². The minimum absolute atomic E-state index is 0.213. The Morgan fingerprint density at radius 3 is 2.15 bits per heavy atom. The van der Waals surface area contributed by atoms with Crippen LogP contribution in [-0.2, 0) is 30.2 Å². The molecule has 0 radical (unpaired) electrons. The summed E-state index contributed by atoms with van der Waals surface area (Å²) in [5, 5.41) is 0. The SMILES string of the molecule is CC(=O)OCCOCCOCCOCCOc1ccc2c(c1)CCC2=O. The van der Waals surface area contributed by atoms with E-state index < -0.39 is 0 Å². The molecule has 1 aliphatic carbocycles. The first-order valence-electron chi connectivity index (χ1n) is 8.82. The fourth-order valence-electron chi connectivity index (χ4n) is 2.53. The van der Waals surface area contributed by atoms with Crippen molar-refractivity contribution >= 4 is 11.8 Å². The van der Waals surface area contributed by atoms with Crippen LogP contribution in [0.1, 0.15) is 29.3 Å². The van der Waals surface area contributed by atoms with E-state index in [0.717, 1.165) is 23.3 Å². The lowest BCUT2D eigenvalue weighted by atomic mass is 10.1. The van der Waals surface area contributed by atoms with Crippen LogP contribution in [0.5, 0.6) is 5.75 Å². The van der Waals surface area contributed by atoms with E-state index in [9.17, 15) is 9.59 Å². The molecular formula is C19H26O7. The molecule has 0 amide bonds. The first-order valence-corrected chi connectivity index (χ1v) is 8.82. The van der Waals surface area contributed by atoms with Gasteiger partial charge in [-0.05, 0) is 30.2 Å². The Morgan fingerprint density at radius 2 is 1.50 bits per heavy atom. The highest BCUT2D eigenvalue weighted by molar-refractivity contribution is 6.00. The van der Waals surface area contributed by atoms with E-state index in [1.54, 1.807) is 0 Å². The molecule has 0 unspecified atom stereocenters. The van der Waals surface area contributed by atoms with Gasteiger partial charge in [0.15, 0.2) is 5.78 Å². The number of carbonyl (C=O) groups is 2. The van der Waals surface area contributed by atoms with E-state index >= 15 is 0 Å². The van der Waals surface area contributed by atoms with E-state index in [2.05, 4.69) is 0 Å². The van der Waals surface area contributed by atoms with Gasteiger partial charge in [0.25, 0.3) is 0 Å². The van der Waals surface area contributed by atoms with E-state index in [0.29, 0.717) is 52.7 Å². The second-order valence-electron chi connectivity index (χ2n) is 5.77. The molecule has 7 nitrogen and oxygen atoms in total. The maximum absolute atomic E-state index is 11.6. The number of ketones is 1. The van der Waals surface area contributed by atoms with Crippen molar-refractivity contribution in [3.63, 3.8) is 0 Å². The summed E-state index contributed by atoms with van der Waals surface area (Å²) in [6, 6.07) is 5.60. The normalized spacial score (nSPS) is 12.9. The average molecular weight is 366 g/mol. The lowest BCUT2D eigenvalue weighted by molar-refractivity contribution is -0.142. The minimum atomic E-state index is -0.308. The van der Waals surface area contributed by atoms with Crippen molar-refractivity contribution in [3.8, 4) is 5.75 Å². The quantitative estimate of drug-likeness (QED) is 0.389. The number of hydrogen-bond acceptors (Lipinski definition) is 7.